The third-order valence-electron chi connectivity index (χ3n) is 4.21. The SMILES string of the molecule is CCNC(=O)N1CCC(Cn2cnc3ccccc32)CC1. The number of para-hydroxylation sites is 2. The molecular weight excluding hydrogens is 264 g/mol. The van der Waals surface area contributed by atoms with Crippen molar-refractivity contribution in [3.05, 3.63) is 30.6 Å². The molecule has 5 nitrogen and oxygen atoms in total. The third kappa shape index (κ3) is 3.01. The number of nitrogens with zero attached hydrogens (tertiary/aromatic N) is 3. The van der Waals surface area contributed by atoms with Crippen LogP contribution in [0, 0.1) is 5.92 Å². The van der Waals surface area contributed by atoms with Crippen LogP contribution in [0.25, 0.3) is 11.0 Å². The normalized spacial score (nSPS) is 16.3. The van der Waals surface area contributed by atoms with Crippen LogP contribution in [0.1, 0.15) is 19.8 Å². The molecule has 3 rings (SSSR count). The first kappa shape index (κ1) is 13.9. The van der Waals surface area contributed by atoms with Crippen molar-refractivity contribution in [3.8, 4) is 0 Å². The number of hydrogen-bond acceptors (Lipinski definition) is 2. The fourth-order valence-corrected chi connectivity index (χ4v) is 3.02. The lowest BCUT2D eigenvalue weighted by Gasteiger charge is -2.32. The van der Waals surface area contributed by atoms with Crippen molar-refractivity contribution in [2.24, 2.45) is 5.92 Å². The van der Waals surface area contributed by atoms with Gasteiger partial charge in [0.25, 0.3) is 0 Å². The number of hydrogen-bond donors (Lipinski definition) is 1. The lowest BCUT2D eigenvalue weighted by molar-refractivity contribution is 0.166. The average molecular weight is 286 g/mol. The Morgan fingerprint density at radius 2 is 2.10 bits per heavy atom. The predicted octanol–water partition coefficient (Wildman–Crippen LogP) is 2.48. The summed E-state index contributed by atoms with van der Waals surface area (Å²) >= 11 is 0. The highest BCUT2D eigenvalue weighted by molar-refractivity contribution is 5.75. The fourth-order valence-electron chi connectivity index (χ4n) is 3.02. The molecule has 1 fully saturated rings. The second-order valence-corrected chi connectivity index (χ2v) is 5.65. The van der Waals surface area contributed by atoms with Gasteiger partial charge >= 0.3 is 6.03 Å². The van der Waals surface area contributed by atoms with Crippen LogP contribution >= 0.6 is 0 Å². The Morgan fingerprint density at radius 1 is 1.33 bits per heavy atom. The van der Waals surface area contributed by atoms with Gasteiger partial charge in [-0.15, -0.1) is 0 Å². The summed E-state index contributed by atoms with van der Waals surface area (Å²) in [7, 11) is 0. The minimum atomic E-state index is 0.0732. The van der Waals surface area contributed by atoms with E-state index in [0.717, 1.165) is 38.0 Å². The Kier molecular flexibility index (Phi) is 4.08. The number of rotatable bonds is 3. The summed E-state index contributed by atoms with van der Waals surface area (Å²) in [5.41, 5.74) is 2.25. The molecule has 0 aliphatic carbocycles. The first-order valence-electron chi connectivity index (χ1n) is 7.70. The van der Waals surface area contributed by atoms with Crippen LogP contribution < -0.4 is 5.32 Å². The second kappa shape index (κ2) is 6.16. The summed E-state index contributed by atoms with van der Waals surface area (Å²) < 4.78 is 2.24. The summed E-state index contributed by atoms with van der Waals surface area (Å²) in [6.45, 7) is 5.34. The first-order valence-corrected chi connectivity index (χ1v) is 7.70. The molecule has 0 bridgehead atoms. The topological polar surface area (TPSA) is 50.2 Å². The monoisotopic (exact) mass is 286 g/mol. The maximum Gasteiger partial charge on any atom is 0.317 e. The van der Waals surface area contributed by atoms with Crippen molar-refractivity contribution in [2.45, 2.75) is 26.3 Å². The van der Waals surface area contributed by atoms with Crippen molar-refractivity contribution in [3.63, 3.8) is 0 Å². The number of imidazole rings is 1. The van der Waals surface area contributed by atoms with E-state index in [9.17, 15) is 4.79 Å². The van der Waals surface area contributed by atoms with E-state index in [4.69, 9.17) is 0 Å². The number of amides is 2. The molecule has 1 N–H and O–H groups in total. The summed E-state index contributed by atoms with van der Waals surface area (Å²) in [6.07, 6.45) is 4.05. The minimum Gasteiger partial charge on any atom is -0.338 e. The van der Waals surface area contributed by atoms with E-state index in [1.807, 2.05) is 30.3 Å². The number of fused-ring (bicyclic) bond motifs is 1. The van der Waals surface area contributed by atoms with Gasteiger partial charge in [0.1, 0.15) is 0 Å². The molecule has 0 unspecified atom stereocenters. The quantitative estimate of drug-likeness (QED) is 0.942. The van der Waals surface area contributed by atoms with Crippen molar-refractivity contribution >= 4 is 17.1 Å². The molecule has 0 saturated carbocycles. The Morgan fingerprint density at radius 3 is 2.86 bits per heavy atom. The number of benzene rings is 1. The standard InChI is InChI=1S/C16H22N4O/c1-2-17-16(21)19-9-7-13(8-10-19)11-20-12-18-14-5-3-4-6-15(14)20/h3-6,12-13H,2,7-11H2,1H3,(H,17,21). The Balaban J connectivity index is 1.59. The molecule has 2 heterocycles. The summed E-state index contributed by atoms with van der Waals surface area (Å²) in [6, 6.07) is 8.31. The van der Waals surface area contributed by atoms with Gasteiger partial charge in [-0.2, -0.15) is 0 Å². The first-order chi connectivity index (χ1) is 10.3. The van der Waals surface area contributed by atoms with Crippen molar-refractivity contribution in [1.82, 2.24) is 19.8 Å². The van der Waals surface area contributed by atoms with Crippen LogP contribution in [0.4, 0.5) is 4.79 Å². The Hall–Kier alpha value is -2.04. The van der Waals surface area contributed by atoms with Gasteiger partial charge in [-0.1, -0.05) is 12.1 Å². The summed E-state index contributed by atoms with van der Waals surface area (Å²) in [5.74, 6) is 0.619. The van der Waals surface area contributed by atoms with E-state index in [0.29, 0.717) is 12.5 Å². The molecule has 1 aliphatic heterocycles. The summed E-state index contributed by atoms with van der Waals surface area (Å²) in [4.78, 5) is 18.2. The molecular formula is C16H22N4O. The van der Waals surface area contributed by atoms with Crippen molar-refractivity contribution in [2.75, 3.05) is 19.6 Å². The van der Waals surface area contributed by atoms with E-state index in [-0.39, 0.29) is 6.03 Å². The molecule has 1 aromatic carbocycles. The minimum absolute atomic E-state index is 0.0732. The third-order valence-corrected chi connectivity index (χ3v) is 4.21. The van der Waals surface area contributed by atoms with Crippen LogP contribution in [0.5, 0.6) is 0 Å². The summed E-state index contributed by atoms with van der Waals surface area (Å²) in [5, 5.41) is 2.87. The molecule has 0 atom stereocenters. The van der Waals surface area contributed by atoms with Gasteiger partial charge in [-0.3, -0.25) is 0 Å². The highest BCUT2D eigenvalue weighted by atomic mass is 16.2. The molecule has 1 aromatic heterocycles. The van der Waals surface area contributed by atoms with E-state index >= 15 is 0 Å². The maximum absolute atomic E-state index is 11.8. The number of urea groups is 1. The molecule has 112 valence electrons. The molecule has 0 spiro atoms. The smallest absolute Gasteiger partial charge is 0.317 e. The van der Waals surface area contributed by atoms with Crippen LogP contribution in [-0.2, 0) is 6.54 Å². The van der Waals surface area contributed by atoms with E-state index < -0.39 is 0 Å². The zero-order valence-corrected chi connectivity index (χ0v) is 12.5. The Bertz CT molecular complexity index is 614. The number of carbonyl (C=O) groups excluding carboxylic acids is 1. The number of nitrogens with one attached hydrogen (secondary N) is 1. The lowest BCUT2D eigenvalue weighted by Crippen LogP contribution is -2.44. The highest BCUT2D eigenvalue weighted by Crippen LogP contribution is 2.21. The van der Waals surface area contributed by atoms with Gasteiger partial charge in [-0.05, 0) is 37.8 Å². The van der Waals surface area contributed by atoms with Crippen LogP contribution in [0.3, 0.4) is 0 Å². The maximum atomic E-state index is 11.8. The van der Waals surface area contributed by atoms with Gasteiger partial charge < -0.3 is 14.8 Å². The van der Waals surface area contributed by atoms with Gasteiger partial charge in [-0.25, -0.2) is 9.78 Å². The number of aromatic nitrogens is 2. The number of likely N-dealkylation sites (tertiary alicyclic amines) is 1. The lowest BCUT2D eigenvalue weighted by atomic mass is 9.97. The second-order valence-electron chi connectivity index (χ2n) is 5.65. The van der Waals surface area contributed by atoms with Crippen LogP contribution in [0.2, 0.25) is 0 Å². The zero-order chi connectivity index (χ0) is 14.7. The van der Waals surface area contributed by atoms with Crippen LogP contribution in [0.15, 0.2) is 30.6 Å². The molecule has 21 heavy (non-hydrogen) atoms. The Labute approximate surface area is 125 Å². The number of piperidine rings is 1. The van der Waals surface area contributed by atoms with Gasteiger partial charge in [0.2, 0.25) is 0 Å². The van der Waals surface area contributed by atoms with Gasteiger partial charge in [0.15, 0.2) is 0 Å². The largest absolute Gasteiger partial charge is 0.338 e. The molecule has 2 amide bonds. The zero-order valence-electron chi connectivity index (χ0n) is 12.5. The molecule has 1 aliphatic rings. The molecule has 2 aromatic rings. The van der Waals surface area contributed by atoms with E-state index in [1.54, 1.807) is 0 Å². The van der Waals surface area contributed by atoms with Gasteiger partial charge in [0, 0.05) is 26.2 Å². The van der Waals surface area contributed by atoms with Crippen LogP contribution in [-0.4, -0.2) is 40.1 Å². The number of carbonyl (C=O) groups is 1. The van der Waals surface area contributed by atoms with E-state index in [1.165, 1.54) is 5.52 Å². The molecule has 5 heteroatoms. The molecule has 1 saturated heterocycles. The fraction of sp³-hybridized carbons (Fsp3) is 0.500. The molecule has 0 radical (unpaired) electrons. The van der Waals surface area contributed by atoms with Gasteiger partial charge in [0.05, 0.1) is 17.4 Å². The van der Waals surface area contributed by atoms with E-state index in [2.05, 4.69) is 27.0 Å². The predicted molar refractivity (Wildman–Crippen MR) is 83.1 cm³/mol. The average Bonchev–Trinajstić information content (AvgIpc) is 2.92. The highest BCUT2D eigenvalue weighted by Gasteiger charge is 2.22. The van der Waals surface area contributed by atoms with Crippen molar-refractivity contribution in [1.29, 1.82) is 0 Å². The van der Waals surface area contributed by atoms with Crippen molar-refractivity contribution < 1.29 is 4.79 Å².